The number of piperazine rings is 1. The zero-order valence-electron chi connectivity index (χ0n) is 24.1. The lowest BCUT2D eigenvalue weighted by Crippen LogP contribution is -2.46. The van der Waals surface area contributed by atoms with Gasteiger partial charge >= 0.3 is 0 Å². The molecule has 2 heterocycles. The van der Waals surface area contributed by atoms with E-state index in [1.807, 2.05) is 83.4 Å². The number of carbonyl (C=O) groups is 1. The normalized spacial score (nSPS) is 14.1. The van der Waals surface area contributed by atoms with Crippen LogP contribution in [0.2, 0.25) is 5.02 Å². The van der Waals surface area contributed by atoms with E-state index < -0.39 is 0 Å². The third-order valence-electron chi connectivity index (χ3n) is 8.50. The van der Waals surface area contributed by atoms with E-state index in [0.29, 0.717) is 23.9 Å². The van der Waals surface area contributed by atoms with Crippen LogP contribution in [-0.4, -0.2) is 48.0 Å². The fourth-order valence-corrected chi connectivity index (χ4v) is 6.31. The summed E-state index contributed by atoms with van der Waals surface area (Å²) in [7, 11) is 0. The molecular weight excluding hydrogens is 542 g/mol. The molecule has 0 spiro atoms. The van der Waals surface area contributed by atoms with E-state index in [0.717, 1.165) is 72.4 Å². The summed E-state index contributed by atoms with van der Waals surface area (Å²) in [5.74, 6) is 0.130. The van der Waals surface area contributed by atoms with Crippen molar-refractivity contribution >= 4 is 44.7 Å². The molecule has 42 heavy (non-hydrogen) atoms. The number of anilines is 1. The Morgan fingerprint density at radius 1 is 0.786 bits per heavy atom. The average Bonchev–Trinajstić information content (AvgIpc) is 3.03. The van der Waals surface area contributed by atoms with E-state index in [1.165, 1.54) is 11.3 Å². The number of carbonyl (C=O) groups excluding carboxylic acids is 1. The number of nitrogens with zero attached hydrogens (tertiary/aromatic N) is 3. The molecule has 6 rings (SSSR count). The highest BCUT2D eigenvalue weighted by Gasteiger charge is 2.19. The zero-order valence-corrected chi connectivity index (χ0v) is 24.8. The van der Waals surface area contributed by atoms with Crippen molar-refractivity contribution < 1.29 is 4.79 Å². The van der Waals surface area contributed by atoms with Crippen LogP contribution < -0.4 is 10.5 Å². The summed E-state index contributed by atoms with van der Waals surface area (Å²) in [4.78, 5) is 31.8. The largest absolute Gasteiger partial charge is 0.369 e. The maximum absolute atomic E-state index is 13.6. The number of fused-ring (bicyclic) bond motifs is 3. The smallest absolute Gasteiger partial charge is 0.259 e. The molecule has 0 N–H and O–H groups in total. The van der Waals surface area contributed by atoms with Gasteiger partial charge in [0.05, 0.1) is 12.1 Å². The fourth-order valence-electron chi connectivity index (χ4n) is 6.14. The van der Waals surface area contributed by atoms with E-state index >= 15 is 0 Å². The quantitative estimate of drug-likeness (QED) is 0.104. The number of hydrogen-bond acceptors (Lipinski definition) is 4. The van der Waals surface area contributed by atoms with Gasteiger partial charge in [-0.15, -0.1) is 0 Å². The Morgan fingerprint density at radius 2 is 1.52 bits per heavy atom. The van der Waals surface area contributed by atoms with Crippen LogP contribution in [0.1, 0.15) is 40.7 Å². The Labute approximate surface area is 251 Å². The van der Waals surface area contributed by atoms with Gasteiger partial charge < -0.3 is 9.47 Å². The predicted octanol–water partition coefficient (Wildman–Crippen LogP) is 7.34. The number of Topliss-reactive ketones (excluding diaryl/α,β-unsaturated/α-hetero) is 1. The molecule has 1 aliphatic heterocycles. The summed E-state index contributed by atoms with van der Waals surface area (Å²) in [5, 5.41) is 3.39. The number of unbranched alkanes of at least 4 members (excludes halogenated alkanes) is 1. The third kappa shape index (κ3) is 5.99. The third-order valence-corrected chi connectivity index (χ3v) is 8.73. The zero-order chi connectivity index (χ0) is 29.1. The molecule has 214 valence electrons. The Morgan fingerprint density at radius 3 is 2.31 bits per heavy atom. The molecule has 6 heteroatoms. The van der Waals surface area contributed by atoms with Gasteiger partial charge in [0.2, 0.25) is 0 Å². The average molecular weight is 578 g/mol. The highest BCUT2D eigenvalue weighted by molar-refractivity contribution is 6.30. The summed E-state index contributed by atoms with van der Waals surface area (Å²) >= 11 is 6.24. The van der Waals surface area contributed by atoms with Gasteiger partial charge in [-0.25, -0.2) is 0 Å². The molecular formula is C36H36ClN3O2. The predicted molar refractivity (Wildman–Crippen MR) is 174 cm³/mol. The van der Waals surface area contributed by atoms with Crippen molar-refractivity contribution in [1.82, 2.24) is 9.47 Å². The Kier molecular flexibility index (Phi) is 8.41. The number of rotatable bonds is 9. The van der Waals surface area contributed by atoms with Crippen molar-refractivity contribution in [1.29, 1.82) is 0 Å². The van der Waals surface area contributed by atoms with Gasteiger partial charge in [0.15, 0.2) is 5.78 Å². The maximum atomic E-state index is 13.6. The molecule has 1 aliphatic rings. The van der Waals surface area contributed by atoms with Crippen LogP contribution in [0.5, 0.6) is 0 Å². The van der Waals surface area contributed by atoms with Gasteiger partial charge in [-0.1, -0.05) is 78.3 Å². The fraction of sp³-hybridized carbons (Fsp3) is 0.278. The Hall–Kier alpha value is -3.93. The van der Waals surface area contributed by atoms with Crippen molar-refractivity contribution in [2.24, 2.45) is 0 Å². The van der Waals surface area contributed by atoms with Crippen LogP contribution in [-0.2, 0) is 6.54 Å². The van der Waals surface area contributed by atoms with Crippen molar-refractivity contribution in [2.75, 3.05) is 37.6 Å². The van der Waals surface area contributed by atoms with Crippen LogP contribution >= 0.6 is 11.6 Å². The van der Waals surface area contributed by atoms with Crippen LogP contribution in [0.3, 0.4) is 0 Å². The van der Waals surface area contributed by atoms with Gasteiger partial charge in [-0.05, 0) is 67.1 Å². The van der Waals surface area contributed by atoms with Crippen LogP contribution in [0.25, 0.3) is 21.7 Å². The second-order valence-corrected chi connectivity index (χ2v) is 11.7. The molecule has 1 saturated heterocycles. The van der Waals surface area contributed by atoms with Crippen molar-refractivity contribution in [2.45, 2.75) is 32.7 Å². The number of aryl methyl sites for hydroxylation is 1. The minimum absolute atomic E-state index is 0.0304. The Bertz CT molecular complexity index is 1790. The number of hydrogen-bond donors (Lipinski definition) is 0. The number of aromatic nitrogens is 1. The molecule has 1 aromatic heterocycles. The molecule has 0 atom stereocenters. The first-order valence-electron chi connectivity index (χ1n) is 14.8. The molecule has 5 aromatic rings. The van der Waals surface area contributed by atoms with E-state index in [9.17, 15) is 9.59 Å². The van der Waals surface area contributed by atoms with E-state index in [4.69, 9.17) is 11.6 Å². The second-order valence-electron chi connectivity index (χ2n) is 11.3. The number of benzene rings is 4. The number of halogens is 1. The standard InChI is InChI=1S/C36H36ClN3O2/c1-26-14-16-29(37)24-33(26)39-21-19-38(20-22-39)18-8-7-13-35(41)28-15-17-31-30-11-5-6-12-32(30)36(42)40(34(31)23-28)25-27-9-3-2-4-10-27/h2-6,9-12,14-17,23-24H,7-8,13,18-22,25H2,1H3. The molecule has 0 radical (unpaired) electrons. The first kappa shape index (κ1) is 28.2. The van der Waals surface area contributed by atoms with Gasteiger partial charge in [-0.3, -0.25) is 14.5 Å². The van der Waals surface area contributed by atoms with E-state index in [1.54, 1.807) is 0 Å². The van der Waals surface area contributed by atoms with E-state index in [2.05, 4.69) is 28.9 Å². The van der Waals surface area contributed by atoms with Gasteiger partial charge in [0.1, 0.15) is 0 Å². The van der Waals surface area contributed by atoms with Crippen LogP contribution in [0, 0.1) is 6.92 Å². The number of pyridine rings is 1. The number of ketones is 1. The SMILES string of the molecule is Cc1ccc(Cl)cc1N1CCN(CCCCC(=O)c2ccc3c4ccccc4c(=O)n(Cc4ccccc4)c3c2)CC1. The summed E-state index contributed by atoms with van der Waals surface area (Å²) in [6.45, 7) is 7.58. The lowest BCUT2D eigenvalue weighted by molar-refractivity contribution is 0.0978. The summed E-state index contributed by atoms with van der Waals surface area (Å²) in [5.41, 5.74) is 4.98. The molecule has 0 saturated carbocycles. The van der Waals surface area contributed by atoms with Crippen molar-refractivity contribution in [3.8, 4) is 0 Å². The van der Waals surface area contributed by atoms with Gasteiger partial charge in [0.25, 0.3) is 5.56 Å². The second kappa shape index (κ2) is 12.5. The highest BCUT2D eigenvalue weighted by Crippen LogP contribution is 2.27. The minimum Gasteiger partial charge on any atom is -0.369 e. The summed E-state index contributed by atoms with van der Waals surface area (Å²) in [6.07, 6.45) is 2.33. The first-order valence-corrected chi connectivity index (χ1v) is 15.2. The van der Waals surface area contributed by atoms with Gasteiger partial charge in [-0.2, -0.15) is 0 Å². The summed E-state index contributed by atoms with van der Waals surface area (Å²) in [6, 6.07) is 29.7. The molecule has 0 amide bonds. The topological polar surface area (TPSA) is 45.6 Å². The highest BCUT2D eigenvalue weighted by atomic mass is 35.5. The molecule has 5 nitrogen and oxygen atoms in total. The van der Waals surface area contributed by atoms with Gasteiger partial charge in [0, 0.05) is 59.6 Å². The molecule has 0 bridgehead atoms. The van der Waals surface area contributed by atoms with Crippen molar-refractivity contribution in [3.63, 3.8) is 0 Å². The van der Waals surface area contributed by atoms with Crippen LogP contribution in [0.15, 0.2) is 95.8 Å². The Balaban J connectivity index is 1.11. The van der Waals surface area contributed by atoms with Crippen molar-refractivity contribution in [3.05, 3.63) is 123 Å². The lowest BCUT2D eigenvalue weighted by Gasteiger charge is -2.37. The molecule has 1 fully saturated rings. The first-order chi connectivity index (χ1) is 20.5. The summed E-state index contributed by atoms with van der Waals surface area (Å²) < 4.78 is 1.81. The molecule has 0 unspecified atom stereocenters. The lowest BCUT2D eigenvalue weighted by atomic mass is 10.00. The molecule has 0 aliphatic carbocycles. The monoisotopic (exact) mass is 577 g/mol. The minimum atomic E-state index is -0.0304. The molecule has 4 aromatic carbocycles. The maximum Gasteiger partial charge on any atom is 0.259 e. The van der Waals surface area contributed by atoms with Crippen LogP contribution in [0.4, 0.5) is 5.69 Å². The van der Waals surface area contributed by atoms with E-state index in [-0.39, 0.29) is 11.3 Å².